The Morgan fingerprint density at radius 3 is 2.48 bits per heavy atom. The van der Waals surface area contributed by atoms with Gasteiger partial charge in [-0.3, -0.25) is 9.58 Å². The summed E-state index contributed by atoms with van der Waals surface area (Å²) in [6.07, 6.45) is 6.93. The molecule has 12 nitrogen and oxygen atoms in total. The van der Waals surface area contributed by atoms with Crippen LogP contribution in [0.2, 0.25) is 0 Å². The molecule has 3 N–H and O–H groups in total. The zero-order valence-corrected chi connectivity index (χ0v) is 26.1. The van der Waals surface area contributed by atoms with Gasteiger partial charge >= 0.3 is 6.03 Å². The SMILES string of the molecule is Cn1cc(-c2ccc(N(C(=O)NCc3ccccc3)c3ccc(Nc4ncc(C#N)c(NCN5CCSCC5)n4)cc3)nc2)cn1. The lowest BCUT2D eigenvalue weighted by molar-refractivity contribution is 0.248. The summed E-state index contributed by atoms with van der Waals surface area (Å²) in [6.45, 7) is 2.97. The van der Waals surface area contributed by atoms with E-state index in [0.29, 0.717) is 42.0 Å². The predicted molar refractivity (Wildman–Crippen MR) is 181 cm³/mol. The van der Waals surface area contributed by atoms with Crippen molar-refractivity contribution in [3.63, 3.8) is 0 Å². The third-order valence-electron chi connectivity index (χ3n) is 7.37. The average molecular weight is 632 g/mol. The number of carbonyl (C=O) groups excluding carboxylic acids is 1. The number of nitrogens with one attached hydrogen (secondary N) is 3. The molecule has 2 amide bonds. The van der Waals surface area contributed by atoms with Gasteiger partial charge in [0.2, 0.25) is 5.95 Å². The van der Waals surface area contributed by atoms with E-state index >= 15 is 0 Å². The Balaban J connectivity index is 1.20. The number of rotatable bonds is 10. The number of urea groups is 1. The molecule has 0 saturated carbocycles. The number of nitriles is 1. The van der Waals surface area contributed by atoms with Crippen LogP contribution in [-0.4, -0.2) is 66.9 Å². The minimum Gasteiger partial charge on any atom is -0.356 e. The lowest BCUT2D eigenvalue weighted by Gasteiger charge is -2.26. The minimum atomic E-state index is -0.315. The molecule has 0 radical (unpaired) electrons. The Hall–Kier alpha value is -5.45. The molecule has 0 aliphatic carbocycles. The quantitative estimate of drug-likeness (QED) is 0.185. The fourth-order valence-corrected chi connectivity index (χ4v) is 5.87. The Bertz CT molecular complexity index is 1800. The zero-order chi connectivity index (χ0) is 31.7. The molecular formula is C33H33N11OS. The number of hydrogen-bond acceptors (Lipinski definition) is 10. The molecule has 5 aromatic rings. The second-order valence-electron chi connectivity index (χ2n) is 10.6. The van der Waals surface area contributed by atoms with Gasteiger partial charge in [0.05, 0.1) is 24.7 Å². The lowest BCUT2D eigenvalue weighted by Crippen LogP contribution is -2.37. The van der Waals surface area contributed by atoms with Crippen molar-refractivity contribution in [3.8, 4) is 17.2 Å². The lowest BCUT2D eigenvalue weighted by atomic mass is 10.1. The van der Waals surface area contributed by atoms with E-state index in [0.717, 1.165) is 47.0 Å². The molecule has 1 aliphatic rings. The zero-order valence-electron chi connectivity index (χ0n) is 25.3. The Morgan fingerprint density at radius 2 is 1.78 bits per heavy atom. The number of benzene rings is 2. The third-order valence-corrected chi connectivity index (χ3v) is 8.31. The number of aryl methyl sites for hydroxylation is 1. The van der Waals surface area contributed by atoms with E-state index in [-0.39, 0.29) is 6.03 Å². The third kappa shape index (κ3) is 7.60. The predicted octanol–water partition coefficient (Wildman–Crippen LogP) is 5.35. The van der Waals surface area contributed by atoms with Gasteiger partial charge in [0.15, 0.2) is 5.82 Å². The van der Waals surface area contributed by atoms with Crippen LogP contribution in [0.15, 0.2) is 91.5 Å². The number of hydrogen-bond donors (Lipinski definition) is 3. The van der Waals surface area contributed by atoms with E-state index < -0.39 is 0 Å². The molecule has 2 aromatic carbocycles. The van der Waals surface area contributed by atoms with Gasteiger partial charge in [0, 0.05) is 67.4 Å². The smallest absolute Gasteiger partial charge is 0.327 e. The largest absolute Gasteiger partial charge is 0.356 e. The molecule has 13 heteroatoms. The normalized spacial score (nSPS) is 13.0. The second-order valence-corrected chi connectivity index (χ2v) is 11.8. The van der Waals surface area contributed by atoms with Gasteiger partial charge in [-0.05, 0) is 42.0 Å². The average Bonchev–Trinajstić information content (AvgIpc) is 3.54. The van der Waals surface area contributed by atoms with Gasteiger partial charge < -0.3 is 16.0 Å². The molecule has 1 aliphatic heterocycles. The highest BCUT2D eigenvalue weighted by Gasteiger charge is 2.20. The maximum absolute atomic E-state index is 13.6. The van der Waals surface area contributed by atoms with Crippen LogP contribution in [0.5, 0.6) is 0 Å². The Labute approximate surface area is 271 Å². The first-order chi connectivity index (χ1) is 22.6. The molecule has 0 atom stereocenters. The fourth-order valence-electron chi connectivity index (χ4n) is 4.89. The summed E-state index contributed by atoms with van der Waals surface area (Å²) in [6, 6.07) is 22.7. The van der Waals surface area contributed by atoms with Crippen molar-refractivity contribution in [1.29, 1.82) is 5.26 Å². The van der Waals surface area contributed by atoms with Crippen molar-refractivity contribution in [2.24, 2.45) is 7.05 Å². The fraction of sp³-hybridized carbons (Fsp3) is 0.212. The molecule has 1 fully saturated rings. The monoisotopic (exact) mass is 631 g/mol. The standard InChI is InChI=1S/C33H33N11OS/c1-42-22-27(21-39-42)25-7-12-30(35-19-25)44(33(45)37-18-24-5-3-2-4-6-24)29-10-8-28(9-11-29)40-32-36-20-26(17-34)31(41-32)38-23-43-13-15-46-16-14-43/h2-12,19-22H,13-16,18,23H2,1H3,(H,37,45)(H2,36,38,40,41). The molecular weight excluding hydrogens is 599 g/mol. The molecule has 0 spiro atoms. The second kappa shape index (κ2) is 14.6. The van der Waals surface area contributed by atoms with Gasteiger partial charge in [-0.2, -0.15) is 27.1 Å². The molecule has 46 heavy (non-hydrogen) atoms. The highest BCUT2D eigenvalue weighted by molar-refractivity contribution is 7.99. The number of carbonyl (C=O) groups is 1. The summed E-state index contributed by atoms with van der Waals surface area (Å²) in [5, 5.41) is 23.3. The maximum atomic E-state index is 13.6. The van der Waals surface area contributed by atoms with E-state index in [1.165, 1.54) is 6.20 Å². The first kappa shape index (κ1) is 30.6. The van der Waals surface area contributed by atoms with Crippen molar-refractivity contribution in [2.75, 3.05) is 46.8 Å². The van der Waals surface area contributed by atoms with Crippen molar-refractivity contribution in [1.82, 2.24) is 34.9 Å². The van der Waals surface area contributed by atoms with Crippen LogP contribution in [0.1, 0.15) is 11.1 Å². The molecule has 0 bridgehead atoms. The number of thioether (sulfide) groups is 1. The maximum Gasteiger partial charge on any atom is 0.327 e. The highest BCUT2D eigenvalue weighted by Crippen LogP contribution is 2.28. The molecule has 232 valence electrons. The molecule has 4 heterocycles. The number of anilines is 5. The summed E-state index contributed by atoms with van der Waals surface area (Å²) in [5.41, 5.74) is 4.55. The van der Waals surface area contributed by atoms with E-state index in [1.807, 2.05) is 91.7 Å². The van der Waals surface area contributed by atoms with Crippen LogP contribution in [0.3, 0.4) is 0 Å². The topological polar surface area (TPSA) is 140 Å². The highest BCUT2D eigenvalue weighted by atomic mass is 32.2. The van der Waals surface area contributed by atoms with Crippen LogP contribution >= 0.6 is 11.8 Å². The summed E-state index contributed by atoms with van der Waals surface area (Å²) >= 11 is 1.95. The van der Waals surface area contributed by atoms with E-state index in [9.17, 15) is 10.1 Å². The first-order valence-corrected chi connectivity index (χ1v) is 16.0. The van der Waals surface area contributed by atoms with Crippen LogP contribution in [0.4, 0.5) is 33.8 Å². The number of aromatic nitrogens is 5. The molecule has 0 unspecified atom stereocenters. The van der Waals surface area contributed by atoms with Gasteiger partial charge in [-0.15, -0.1) is 0 Å². The van der Waals surface area contributed by atoms with Crippen LogP contribution in [-0.2, 0) is 13.6 Å². The van der Waals surface area contributed by atoms with Gasteiger partial charge in [-0.1, -0.05) is 30.3 Å². The number of nitrogens with zero attached hydrogens (tertiary/aromatic N) is 8. The van der Waals surface area contributed by atoms with Gasteiger partial charge in [0.25, 0.3) is 0 Å². The summed E-state index contributed by atoms with van der Waals surface area (Å²) < 4.78 is 1.73. The Kier molecular flexibility index (Phi) is 9.67. The Morgan fingerprint density at radius 1 is 0.978 bits per heavy atom. The number of amides is 2. The molecule has 3 aromatic heterocycles. The van der Waals surface area contributed by atoms with Crippen LogP contribution in [0, 0.1) is 11.3 Å². The molecule has 6 rings (SSSR count). The summed E-state index contributed by atoms with van der Waals surface area (Å²) in [5.74, 6) is 3.50. The van der Waals surface area contributed by atoms with Gasteiger partial charge in [0.1, 0.15) is 17.5 Å². The first-order valence-electron chi connectivity index (χ1n) is 14.8. The molecule has 1 saturated heterocycles. The van der Waals surface area contributed by atoms with E-state index in [4.69, 9.17) is 0 Å². The number of pyridine rings is 1. The van der Waals surface area contributed by atoms with Crippen molar-refractivity contribution >= 4 is 46.8 Å². The van der Waals surface area contributed by atoms with Crippen LogP contribution < -0.4 is 20.9 Å². The van der Waals surface area contributed by atoms with Crippen LogP contribution in [0.25, 0.3) is 11.1 Å². The van der Waals surface area contributed by atoms with Crippen molar-refractivity contribution in [3.05, 3.63) is 103 Å². The summed E-state index contributed by atoms with van der Waals surface area (Å²) in [7, 11) is 1.86. The summed E-state index contributed by atoms with van der Waals surface area (Å²) in [4.78, 5) is 31.0. The van der Waals surface area contributed by atoms with Crippen molar-refractivity contribution in [2.45, 2.75) is 6.54 Å². The van der Waals surface area contributed by atoms with Gasteiger partial charge in [-0.25, -0.2) is 19.7 Å². The van der Waals surface area contributed by atoms with E-state index in [1.54, 1.807) is 22.0 Å². The minimum absolute atomic E-state index is 0.315. The van der Waals surface area contributed by atoms with E-state index in [2.05, 4.69) is 47.0 Å². The van der Waals surface area contributed by atoms with Crippen molar-refractivity contribution < 1.29 is 4.79 Å².